The predicted octanol–water partition coefficient (Wildman–Crippen LogP) is 5.38. The molecule has 26 heavy (non-hydrogen) atoms. The van der Waals surface area contributed by atoms with Gasteiger partial charge in [-0.25, -0.2) is 0 Å². The quantitative estimate of drug-likeness (QED) is 0.709. The molecule has 1 heterocycles. The number of phenolic OH excluding ortho intramolecular Hbond substituents is 1. The molecule has 140 valence electrons. The Kier molecular flexibility index (Phi) is 5.97. The second-order valence-electron chi connectivity index (χ2n) is 8.60. The number of phenols is 1. The number of amides is 1. The van der Waals surface area contributed by atoms with Gasteiger partial charge in [-0.3, -0.25) is 4.79 Å². The standard InChI is InChI=1S/C22H29NO2S/c1-21(2,3)17-12-15(13-18(20(17)25)22(4,5)6)9-10-19(24)23-14-16-8-7-11-26-16/h7-13,25H,14H2,1-6H3,(H,23,24)/b10-9+. The highest BCUT2D eigenvalue weighted by Gasteiger charge is 2.26. The molecule has 4 heteroatoms. The topological polar surface area (TPSA) is 49.3 Å². The van der Waals surface area contributed by atoms with Crippen LogP contribution in [0.4, 0.5) is 0 Å². The van der Waals surface area contributed by atoms with Crippen LogP contribution < -0.4 is 5.32 Å². The van der Waals surface area contributed by atoms with Crippen LogP contribution in [0.25, 0.3) is 6.08 Å². The van der Waals surface area contributed by atoms with Crippen LogP contribution in [0.15, 0.2) is 35.7 Å². The van der Waals surface area contributed by atoms with E-state index in [4.69, 9.17) is 0 Å². The Bertz CT molecular complexity index is 756. The molecule has 0 saturated carbocycles. The maximum atomic E-state index is 12.1. The highest BCUT2D eigenvalue weighted by atomic mass is 32.1. The third-order valence-electron chi connectivity index (χ3n) is 4.19. The Labute approximate surface area is 160 Å². The van der Waals surface area contributed by atoms with Gasteiger partial charge in [0, 0.05) is 22.1 Å². The van der Waals surface area contributed by atoms with Crippen molar-refractivity contribution < 1.29 is 9.90 Å². The molecule has 1 aromatic heterocycles. The lowest BCUT2D eigenvalue weighted by atomic mass is 9.78. The average molecular weight is 372 g/mol. The summed E-state index contributed by atoms with van der Waals surface area (Å²) >= 11 is 1.62. The van der Waals surface area contributed by atoms with E-state index in [-0.39, 0.29) is 16.7 Å². The van der Waals surface area contributed by atoms with Gasteiger partial charge in [-0.2, -0.15) is 0 Å². The van der Waals surface area contributed by atoms with E-state index >= 15 is 0 Å². The molecular formula is C22H29NO2S. The monoisotopic (exact) mass is 371 g/mol. The van der Waals surface area contributed by atoms with E-state index in [0.717, 1.165) is 21.6 Å². The summed E-state index contributed by atoms with van der Waals surface area (Å²) < 4.78 is 0. The summed E-state index contributed by atoms with van der Waals surface area (Å²) in [7, 11) is 0. The summed E-state index contributed by atoms with van der Waals surface area (Å²) in [6, 6.07) is 7.90. The molecule has 2 aromatic rings. The molecule has 0 radical (unpaired) electrons. The first kappa shape index (κ1) is 20.2. The van der Waals surface area contributed by atoms with Crippen molar-refractivity contribution in [1.29, 1.82) is 0 Å². The molecule has 0 spiro atoms. The maximum absolute atomic E-state index is 12.1. The molecule has 3 nitrogen and oxygen atoms in total. The van der Waals surface area contributed by atoms with Crippen molar-refractivity contribution in [2.75, 3.05) is 0 Å². The number of rotatable bonds is 4. The van der Waals surface area contributed by atoms with Crippen molar-refractivity contribution in [3.05, 3.63) is 57.3 Å². The third-order valence-corrected chi connectivity index (χ3v) is 5.07. The van der Waals surface area contributed by atoms with Gasteiger partial charge in [0.25, 0.3) is 0 Å². The van der Waals surface area contributed by atoms with Gasteiger partial charge in [-0.15, -0.1) is 11.3 Å². The molecule has 0 atom stereocenters. The first-order valence-corrected chi connectivity index (χ1v) is 9.73. The molecule has 1 aromatic carbocycles. The molecule has 2 N–H and O–H groups in total. The fourth-order valence-electron chi connectivity index (χ4n) is 2.71. The number of hydrogen-bond acceptors (Lipinski definition) is 3. The SMILES string of the molecule is CC(C)(C)c1cc(/C=C/C(=O)NCc2cccs2)cc(C(C)(C)C)c1O. The lowest BCUT2D eigenvalue weighted by Crippen LogP contribution is -2.19. The Morgan fingerprint density at radius 3 is 2.15 bits per heavy atom. The maximum Gasteiger partial charge on any atom is 0.244 e. The Morgan fingerprint density at radius 2 is 1.69 bits per heavy atom. The Morgan fingerprint density at radius 1 is 1.12 bits per heavy atom. The van der Waals surface area contributed by atoms with Crippen molar-refractivity contribution in [2.24, 2.45) is 0 Å². The van der Waals surface area contributed by atoms with E-state index in [1.54, 1.807) is 17.4 Å². The minimum atomic E-state index is -0.185. The van der Waals surface area contributed by atoms with E-state index in [0.29, 0.717) is 12.3 Å². The van der Waals surface area contributed by atoms with Crippen molar-refractivity contribution in [3.8, 4) is 5.75 Å². The Balaban J connectivity index is 2.26. The van der Waals surface area contributed by atoms with Gasteiger partial charge in [0.15, 0.2) is 0 Å². The van der Waals surface area contributed by atoms with E-state index in [9.17, 15) is 9.90 Å². The zero-order valence-electron chi connectivity index (χ0n) is 16.5. The summed E-state index contributed by atoms with van der Waals surface area (Å²) in [4.78, 5) is 13.2. The molecule has 0 unspecified atom stereocenters. The van der Waals surface area contributed by atoms with Crippen LogP contribution >= 0.6 is 11.3 Å². The molecule has 0 aliphatic heterocycles. The van der Waals surface area contributed by atoms with Gasteiger partial charge < -0.3 is 10.4 Å². The zero-order valence-corrected chi connectivity index (χ0v) is 17.3. The number of hydrogen-bond donors (Lipinski definition) is 2. The second-order valence-corrected chi connectivity index (χ2v) is 9.63. The van der Waals surface area contributed by atoms with E-state index in [1.165, 1.54) is 0 Å². The smallest absolute Gasteiger partial charge is 0.244 e. The number of thiophene rings is 1. The zero-order chi connectivity index (χ0) is 19.5. The van der Waals surface area contributed by atoms with Crippen LogP contribution in [0.5, 0.6) is 5.75 Å². The number of carbonyl (C=O) groups excluding carboxylic acids is 1. The summed E-state index contributed by atoms with van der Waals surface area (Å²) in [6.07, 6.45) is 3.37. The first-order chi connectivity index (χ1) is 12.0. The lowest BCUT2D eigenvalue weighted by molar-refractivity contribution is -0.116. The van der Waals surface area contributed by atoms with Crippen LogP contribution in [0.2, 0.25) is 0 Å². The normalized spacial score (nSPS) is 12.5. The Hall–Kier alpha value is -2.07. The van der Waals surface area contributed by atoms with Crippen molar-refractivity contribution in [3.63, 3.8) is 0 Å². The van der Waals surface area contributed by atoms with Crippen molar-refractivity contribution in [1.82, 2.24) is 5.32 Å². The lowest BCUT2D eigenvalue weighted by Gasteiger charge is -2.27. The van der Waals surface area contributed by atoms with Gasteiger partial charge in [0.05, 0.1) is 6.54 Å². The van der Waals surface area contributed by atoms with Gasteiger partial charge >= 0.3 is 0 Å². The largest absolute Gasteiger partial charge is 0.507 e. The van der Waals surface area contributed by atoms with Crippen molar-refractivity contribution in [2.45, 2.75) is 58.9 Å². The van der Waals surface area contributed by atoms with Crippen LogP contribution in [-0.2, 0) is 22.2 Å². The first-order valence-electron chi connectivity index (χ1n) is 8.85. The molecule has 1 amide bonds. The second kappa shape index (κ2) is 7.67. The van der Waals surface area contributed by atoms with Gasteiger partial charge in [0.2, 0.25) is 5.91 Å². The highest BCUT2D eigenvalue weighted by Crippen LogP contribution is 2.39. The molecular weight excluding hydrogens is 342 g/mol. The summed E-state index contributed by atoms with van der Waals surface area (Å²) in [5, 5.41) is 15.6. The molecule has 0 bridgehead atoms. The molecule has 2 rings (SSSR count). The van der Waals surface area contributed by atoms with Gasteiger partial charge in [0.1, 0.15) is 5.75 Å². The van der Waals surface area contributed by atoms with E-state index in [1.807, 2.05) is 35.7 Å². The molecule has 0 saturated heterocycles. The van der Waals surface area contributed by atoms with Crippen LogP contribution in [0.3, 0.4) is 0 Å². The van der Waals surface area contributed by atoms with Crippen LogP contribution in [0, 0.1) is 0 Å². The highest BCUT2D eigenvalue weighted by molar-refractivity contribution is 7.09. The van der Waals surface area contributed by atoms with Gasteiger partial charge in [-0.05, 0) is 46.0 Å². The van der Waals surface area contributed by atoms with E-state index < -0.39 is 0 Å². The fourth-order valence-corrected chi connectivity index (χ4v) is 3.36. The van der Waals surface area contributed by atoms with Gasteiger partial charge in [-0.1, -0.05) is 47.6 Å². The number of carbonyl (C=O) groups is 1. The number of benzene rings is 1. The minimum absolute atomic E-state index is 0.124. The molecule has 0 fully saturated rings. The van der Waals surface area contributed by atoms with Crippen LogP contribution in [0.1, 0.15) is 63.1 Å². The number of aromatic hydroxyl groups is 1. The number of nitrogens with one attached hydrogen (secondary N) is 1. The summed E-state index contributed by atoms with van der Waals surface area (Å²) in [5.41, 5.74) is 2.33. The summed E-state index contributed by atoms with van der Waals surface area (Å²) in [6.45, 7) is 13.0. The summed E-state index contributed by atoms with van der Waals surface area (Å²) in [5.74, 6) is 0.227. The van der Waals surface area contributed by atoms with E-state index in [2.05, 4.69) is 46.9 Å². The third kappa shape index (κ3) is 5.21. The molecule has 0 aliphatic rings. The predicted molar refractivity (Wildman–Crippen MR) is 111 cm³/mol. The molecule has 0 aliphatic carbocycles. The fraction of sp³-hybridized carbons (Fsp3) is 0.409. The van der Waals surface area contributed by atoms with Crippen molar-refractivity contribution >= 4 is 23.3 Å². The van der Waals surface area contributed by atoms with Crippen LogP contribution in [-0.4, -0.2) is 11.0 Å². The average Bonchev–Trinajstić information content (AvgIpc) is 3.03. The minimum Gasteiger partial charge on any atom is -0.507 e.